The molecule has 0 saturated heterocycles. The van der Waals surface area contributed by atoms with Gasteiger partial charge in [0.05, 0.1) is 60.3 Å². The van der Waals surface area contributed by atoms with E-state index in [2.05, 4.69) is 0 Å². The molecule has 24 rings (SSSR count). The highest BCUT2D eigenvalue weighted by Crippen LogP contribution is 2.54. The van der Waals surface area contributed by atoms with Crippen LogP contribution in [0.5, 0.6) is 5.75 Å². The van der Waals surface area contributed by atoms with Gasteiger partial charge >= 0.3 is 0 Å². The Kier molecular flexibility index (Phi) is 8.17. The van der Waals surface area contributed by atoms with Crippen molar-refractivity contribution in [2.75, 3.05) is 0 Å². The van der Waals surface area contributed by atoms with E-state index in [1.54, 1.807) is 97.1 Å². The van der Waals surface area contributed by atoms with Gasteiger partial charge in [0, 0.05) is 47.4 Å². The van der Waals surface area contributed by atoms with Crippen molar-refractivity contribution in [1.29, 1.82) is 0 Å². The van der Waals surface area contributed by atoms with Crippen LogP contribution in [0.2, 0.25) is 0 Å². The smallest absolute Gasteiger partial charge is 0.135 e. The zero-order valence-corrected chi connectivity index (χ0v) is 59.3. The molecule has 4 nitrogen and oxygen atoms in total. The predicted molar refractivity (Wildman–Crippen MR) is 483 cm³/mol. The van der Waals surface area contributed by atoms with Crippen molar-refractivity contribution < 1.29 is 82.8 Å². The highest BCUT2D eigenvalue weighted by atomic mass is 16.3. The lowest BCUT2D eigenvalue weighted by Crippen LogP contribution is -2.14. The van der Waals surface area contributed by atoms with Gasteiger partial charge in [-0.1, -0.05) is 340 Å². The Hall–Kier alpha value is -14.8. The van der Waals surface area contributed by atoms with Crippen LogP contribution in [0, 0.1) is 0 Å². The van der Waals surface area contributed by atoms with E-state index in [1.165, 1.54) is 0 Å². The molecule has 4 heteroatoms. The molecule has 115 heavy (non-hydrogen) atoms. The molecule has 0 bridgehead atoms. The first kappa shape index (κ1) is 34.8. The molecule has 1 atom stereocenters. The minimum Gasteiger partial charge on any atom is -0.507 e. The Morgan fingerprint density at radius 3 is 0.896 bits per heavy atom. The maximum Gasteiger partial charge on any atom is 0.135 e. The molecule has 1 aliphatic rings. The monoisotopic (exact) mass is 1520 g/mol. The zero-order valence-electron chi connectivity index (χ0n) is 106. The quantitative estimate of drug-likeness (QED) is 0.162. The van der Waals surface area contributed by atoms with E-state index in [9.17, 15) is 22.9 Å². The molecule has 0 aliphatic heterocycles. The number of fused-ring (bicyclic) bond motifs is 18. The SMILES string of the molecule is [2H]c1c([2H])c([2H])c(-c2c([2H])c([2H])c(-c3c4c([2H])c([2H])c([2H])c([2H])c4c(-c4ccc5oc6ccccc6c5c4)c4c([2H])c([2H])c([2H])c([2H])c34)c([2H])c2O)c([2H])c1[2H].[2H]c1c([2H])c([2H])c(-c2c3c([2H])c([2H])c([2H])c([2H])c3c(-c3ccc4oc5ccccc5c4c3)c3c([2H])c([2H])c([2H])c([2H])c23)c([2H])c1[2H].[2H]c1c([2H])c([2H])c2c(c1[2H])-c1c([2H])c([2H])c(-c3c4c([2H])c([2H])c([2H])c([2H])c4c(-c4ccc5oc6ccccc6c5c4)c4c([2H])c([2H])c([2H])c([2H])c34)c([2H])c1C2(C)C([2H])([2H])[2H]. The second kappa shape index (κ2) is 27.0. The second-order valence-corrected chi connectivity index (χ2v) is 27.0. The van der Waals surface area contributed by atoms with Crippen molar-refractivity contribution in [3.05, 3.63) is 404 Å². The summed E-state index contributed by atoms with van der Waals surface area (Å²) in [5, 5.41) is 12.4. The molecule has 20 aromatic carbocycles. The van der Waals surface area contributed by atoms with Gasteiger partial charge in [-0.2, -0.15) is 0 Å². The topological polar surface area (TPSA) is 59.7 Å². The standard InChI is InChI=1S/C41H28O.C38H24O2.C32H20O/c1-41(2)35-17-9-7-11-27(35)28-21-19-26(24-36(28)41)40-32-15-5-3-13-30(32)39(31-14-4-6-16-33(31)40)25-20-22-38-34(23-25)29-12-8-10-18-37(29)42-38;39-34-23-26(18-20-27(34)24-10-2-1-3-11-24)38-31-15-6-4-13-29(31)37(30-14-5-7-16-32(30)38)25-19-21-36-33(22-25)28-12-8-9-17-35(28)40-36;1-2-10-21(11-3-1)31-24-13-4-6-15-26(24)32(27-16-7-5-14-25(27)31)22-18-19-30-28(20-22)23-12-8-9-17-29(23)33-30/h3-24H,1-2H3;1-23,39H;1-20H/i1D3,3D,4D,5D,6D,7D,9D,11D,13D,14D,15D,16D,17D,19D,21D,24D;1D,2D,3D,4D,5D,6D,7D,10D,11D,13D,14D,15D,16D,18D,20D,23D;1D,2D,3D,4D,5D,6D,7D,10D,11D,13D,14D,15D,16D. The van der Waals surface area contributed by atoms with Crippen LogP contribution in [0.25, 0.3) is 219 Å². The number of rotatable bonds is 7. The predicted octanol–water partition coefficient (Wildman–Crippen LogP) is 31.4. The Labute approximate surface area is 729 Å². The fourth-order valence-corrected chi connectivity index (χ4v) is 15.7. The largest absolute Gasteiger partial charge is 0.507 e. The first-order valence-electron chi connectivity index (χ1n) is 59.1. The molecule has 1 aliphatic carbocycles. The van der Waals surface area contributed by atoms with E-state index in [0.717, 1.165) is 12.3 Å². The summed E-state index contributed by atoms with van der Waals surface area (Å²) in [7, 11) is 0. The fraction of sp³-hybridized carbons (Fsp3) is 0.0270. The van der Waals surface area contributed by atoms with E-state index in [0.29, 0.717) is 66.0 Å². The van der Waals surface area contributed by atoms with Gasteiger partial charge in [-0.15, -0.1) is 0 Å². The number of benzene rings is 20. The average Bonchev–Trinajstić information content (AvgIpc) is 1.48. The van der Waals surface area contributed by atoms with Crippen molar-refractivity contribution in [2.24, 2.45) is 0 Å². The van der Waals surface area contributed by atoms with Gasteiger partial charge in [0.2, 0.25) is 0 Å². The second-order valence-electron chi connectivity index (χ2n) is 27.0. The summed E-state index contributed by atoms with van der Waals surface area (Å²) < 4.78 is 433. The van der Waals surface area contributed by atoms with Gasteiger partial charge in [-0.05, 0) is 226 Å². The minimum atomic E-state index is -3.15. The van der Waals surface area contributed by atoms with Gasteiger partial charge in [0.1, 0.15) is 39.2 Å². The van der Waals surface area contributed by atoms with Crippen molar-refractivity contribution in [2.45, 2.75) is 19.2 Å². The van der Waals surface area contributed by atoms with Crippen LogP contribution in [0.4, 0.5) is 0 Å². The van der Waals surface area contributed by atoms with E-state index < -0.39 is 340 Å². The molecule has 0 fully saturated rings. The summed E-state index contributed by atoms with van der Waals surface area (Å²) in [6, 6.07) is 4.99. The number of hydrogen-bond acceptors (Lipinski definition) is 4. The maximum atomic E-state index is 11.6. The zero-order chi connectivity index (χ0) is 117. The third-order valence-electron chi connectivity index (χ3n) is 20.7. The number of furan rings is 3. The molecule has 0 spiro atoms. The van der Waals surface area contributed by atoms with Gasteiger partial charge < -0.3 is 18.4 Å². The summed E-state index contributed by atoms with van der Waals surface area (Å²) in [6.45, 7) is -1.99. The summed E-state index contributed by atoms with van der Waals surface area (Å²) >= 11 is 0. The van der Waals surface area contributed by atoms with Crippen LogP contribution >= 0.6 is 0 Å². The molecule has 23 aromatic rings. The van der Waals surface area contributed by atoms with Crippen LogP contribution in [-0.2, 0) is 5.41 Å². The normalized spacial score (nSPS) is 19.1. The van der Waals surface area contributed by atoms with Crippen LogP contribution in [0.15, 0.2) is 407 Å². The molecule has 0 amide bonds. The third-order valence-corrected chi connectivity index (χ3v) is 20.7. The van der Waals surface area contributed by atoms with Gasteiger partial charge in [0.25, 0.3) is 0 Å². The maximum absolute atomic E-state index is 11.6. The van der Waals surface area contributed by atoms with E-state index >= 15 is 0 Å². The Bertz CT molecular complexity index is 10500. The van der Waals surface area contributed by atoms with Crippen LogP contribution < -0.4 is 0 Å². The van der Waals surface area contributed by atoms with Gasteiger partial charge in [-0.25, -0.2) is 0 Å². The first-order valence-corrected chi connectivity index (χ1v) is 35.6. The summed E-state index contributed by atoms with van der Waals surface area (Å²) in [5.74, 6) is -1.11. The molecule has 3 aromatic heterocycles. The molecule has 0 saturated carbocycles. The Balaban J connectivity index is 0.000000136. The lowest BCUT2D eigenvalue weighted by Gasteiger charge is -2.23. The van der Waals surface area contributed by atoms with Crippen LogP contribution in [0.1, 0.15) is 89.3 Å². The van der Waals surface area contributed by atoms with Gasteiger partial charge in [-0.3, -0.25) is 0 Å². The number of para-hydroxylation sites is 3. The molecule has 3 heterocycles. The lowest BCUT2D eigenvalue weighted by atomic mass is 9.80. The summed E-state index contributed by atoms with van der Waals surface area (Å²) in [6.07, 6.45) is 0. The minimum absolute atomic E-state index is 0.0194. The van der Waals surface area contributed by atoms with Crippen LogP contribution in [0.3, 0.4) is 0 Å². The van der Waals surface area contributed by atoms with E-state index in [-0.39, 0.29) is 104 Å². The average molecular weight is 1520 g/mol. The molecule has 540 valence electrons. The summed E-state index contributed by atoms with van der Waals surface area (Å²) in [4.78, 5) is 0. The van der Waals surface area contributed by atoms with E-state index in [4.69, 9.17) is 59.9 Å². The number of hydrogen-bond donors (Lipinski definition) is 1. The lowest BCUT2D eigenvalue weighted by molar-refractivity contribution is 0.477. The molecule has 1 unspecified atom stereocenters. The van der Waals surface area contributed by atoms with E-state index in [1.807, 2.05) is 30.3 Å². The fourth-order valence-electron chi connectivity index (χ4n) is 15.7. The van der Waals surface area contributed by atoms with Crippen LogP contribution in [-0.4, -0.2) is 5.11 Å². The van der Waals surface area contributed by atoms with Gasteiger partial charge in [0.15, 0.2) is 0 Å². The molecular weight excluding hydrogens is 1400 g/mol. The highest BCUT2D eigenvalue weighted by molar-refractivity contribution is 6.26. The number of phenols is 1. The molecule has 1 N–H and O–H groups in total. The van der Waals surface area contributed by atoms with Crippen molar-refractivity contribution in [3.63, 3.8) is 0 Å². The molecule has 0 radical (unpaired) electrons. The number of phenolic OH excluding ortho intramolecular Hbond substituents is 1. The Morgan fingerprint density at radius 2 is 0.522 bits per heavy atom. The Morgan fingerprint density at radius 1 is 0.235 bits per heavy atom. The highest BCUT2D eigenvalue weighted by Gasteiger charge is 2.36. The summed E-state index contributed by atoms with van der Waals surface area (Å²) in [5.41, 5.74) is -4.29. The number of aromatic hydroxyl groups is 1. The first-order chi connectivity index (χ1) is 76.3. The van der Waals surface area contributed by atoms with Crippen molar-refractivity contribution in [3.8, 4) is 94.8 Å². The molecular formula is C111H72O4. The van der Waals surface area contributed by atoms with Crippen molar-refractivity contribution >= 4 is 130 Å². The third kappa shape index (κ3) is 11.0. The van der Waals surface area contributed by atoms with Crippen molar-refractivity contribution in [1.82, 2.24) is 0 Å².